The number of carboxylic acid groups (broad SMARTS) is 1. The predicted octanol–water partition coefficient (Wildman–Crippen LogP) is 0.732. The maximum atomic E-state index is 12.5. The van der Waals surface area contributed by atoms with Crippen LogP contribution in [0.2, 0.25) is 0 Å². The molecule has 10 nitrogen and oxygen atoms in total. The molecule has 1 heterocycles. The van der Waals surface area contributed by atoms with E-state index in [9.17, 15) is 18.0 Å². The molecule has 0 spiro atoms. The number of aliphatic carboxylic acids is 1. The van der Waals surface area contributed by atoms with Gasteiger partial charge in [0.1, 0.15) is 0 Å². The lowest BCUT2D eigenvalue weighted by atomic mass is 10.3. The summed E-state index contributed by atoms with van der Waals surface area (Å²) in [4.78, 5) is 21.2. The van der Waals surface area contributed by atoms with Gasteiger partial charge in [-0.25, -0.2) is 17.8 Å². The summed E-state index contributed by atoms with van der Waals surface area (Å²) >= 11 is 0. The molecule has 140 valence electrons. The first kappa shape index (κ1) is 19.5. The average molecular weight is 384 g/mol. The molecule has 0 atom stereocenters. The zero-order valence-electron chi connectivity index (χ0n) is 13.5. The maximum Gasteiger partial charge on any atom is 0.372 e. The van der Waals surface area contributed by atoms with E-state index in [-0.39, 0.29) is 37.0 Å². The Hall–Kier alpha value is -2.79. The highest BCUT2D eigenvalue weighted by Gasteiger charge is 2.28. The van der Waals surface area contributed by atoms with Gasteiger partial charge in [0, 0.05) is 19.4 Å². The van der Waals surface area contributed by atoms with Crippen molar-refractivity contribution in [2.24, 2.45) is 0 Å². The molecule has 26 heavy (non-hydrogen) atoms. The molecule has 0 radical (unpaired) electrons. The van der Waals surface area contributed by atoms with E-state index in [2.05, 4.69) is 14.9 Å². The molecular formula is C15H16N2O8S. The van der Waals surface area contributed by atoms with Gasteiger partial charge in [-0.1, -0.05) is 18.2 Å². The van der Waals surface area contributed by atoms with Gasteiger partial charge in [0.15, 0.2) is 0 Å². The molecule has 0 aliphatic rings. The zero-order valence-corrected chi connectivity index (χ0v) is 14.3. The van der Waals surface area contributed by atoms with Crippen molar-refractivity contribution in [1.82, 2.24) is 10.3 Å². The van der Waals surface area contributed by atoms with Gasteiger partial charge in [0.05, 0.1) is 18.1 Å². The lowest BCUT2D eigenvalue weighted by Crippen LogP contribution is -2.15. The van der Waals surface area contributed by atoms with Crippen molar-refractivity contribution in [2.75, 3.05) is 19.8 Å². The molecule has 0 fully saturated rings. The van der Waals surface area contributed by atoms with Crippen LogP contribution in [0.25, 0.3) is 0 Å². The third kappa shape index (κ3) is 5.10. The second kappa shape index (κ2) is 9.06. The molecule has 0 aliphatic heterocycles. The Balaban J connectivity index is 1.81. The molecule has 1 N–H and O–H groups in total. The summed E-state index contributed by atoms with van der Waals surface area (Å²) in [6.45, 7) is 0.238. The van der Waals surface area contributed by atoms with Crippen LogP contribution in [0.1, 0.15) is 12.8 Å². The molecule has 1 aromatic carbocycles. The summed E-state index contributed by atoms with van der Waals surface area (Å²) in [7, 11) is -3.91. The Bertz CT molecular complexity index is 848. The highest BCUT2D eigenvalue weighted by Crippen LogP contribution is 2.25. The van der Waals surface area contributed by atoms with Crippen LogP contribution >= 0.6 is 0 Å². The first-order valence-corrected chi connectivity index (χ1v) is 9.00. The van der Waals surface area contributed by atoms with Gasteiger partial charge in [-0.2, -0.15) is 0 Å². The van der Waals surface area contributed by atoms with Crippen LogP contribution in [-0.2, 0) is 24.2 Å². The number of sulfone groups is 1. The second-order valence-corrected chi connectivity index (χ2v) is 6.85. The van der Waals surface area contributed by atoms with E-state index in [1.807, 2.05) is 0 Å². The minimum atomic E-state index is -3.91. The number of carbonyl (C=O) groups excluding carboxylic acids is 1. The van der Waals surface area contributed by atoms with E-state index in [4.69, 9.17) is 14.6 Å². The molecule has 11 heteroatoms. The standard InChI is InChI=1S/C15H16N2O8S/c18-12(15(19)20)7-10-23-8-4-9-24-13-14(17-25-16-13)26(21,22)11-5-2-1-3-6-11/h1-3,5-6H,4,7-10H2,(H,19,20). The lowest BCUT2D eigenvalue weighted by molar-refractivity contribution is -0.149. The zero-order chi connectivity index (χ0) is 19.0. The van der Waals surface area contributed by atoms with Gasteiger partial charge >= 0.3 is 5.97 Å². The third-order valence-corrected chi connectivity index (χ3v) is 4.77. The first-order chi connectivity index (χ1) is 12.4. The number of Topliss-reactive ketones (excluding diaryl/α,β-unsaturated/α-hetero) is 1. The number of ether oxygens (including phenoxy) is 2. The van der Waals surface area contributed by atoms with Gasteiger partial charge in [-0.05, 0) is 22.4 Å². The van der Waals surface area contributed by atoms with E-state index in [1.54, 1.807) is 18.2 Å². The van der Waals surface area contributed by atoms with E-state index >= 15 is 0 Å². The topological polar surface area (TPSA) is 146 Å². The summed E-state index contributed by atoms with van der Waals surface area (Å²) < 4.78 is 39.8. The van der Waals surface area contributed by atoms with Crippen LogP contribution in [-0.4, -0.2) is 55.4 Å². The van der Waals surface area contributed by atoms with Crippen molar-refractivity contribution < 1.29 is 37.2 Å². The van der Waals surface area contributed by atoms with Crippen molar-refractivity contribution in [3.8, 4) is 5.88 Å². The Morgan fingerprint density at radius 3 is 2.50 bits per heavy atom. The van der Waals surface area contributed by atoms with E-state index in [0.29, 0.717) is 6.42 Å². The number of benzene rings is 1. The number of rotatable bonds is 11. The van der Waals surface area contributed by atoms with Gasteiger partial charge in [0.25, 0.3) is 10.9 Å². The monoisotopic (exact) mass is 384 g/mol. The van der Waals surface area contributed by atoms with Gasteiger partial charge in [0.2, 0.25) is 15.6 Å². The van der Waals surface area contributed by atoms with E-state index < -0.39 is 26.6 Å². The number of aromatic nitrogens is 2. The summed E-state index contributed by atoms with van der Waals surface area (Å²) in [5, 5.41) is 14.8. The lowest BCUT2D eigenvalue weighted by Gasteiger charge is -2.05. The quantitative estimate of drug-likeness (QED) is 0.434. The van der Waals surface area contributed by atoms with Crippen LogP contribution in [0.3, 0.4) is 0 Å². The van der Waals surface area contributed by atoms with Crippen LogP contribution < -0.4 is 4.74 Å². The molecule has 2 rings (SSSR count). The van der Waals surface area contributed by atoms with Crippen molar-refractivity contribution in [2.45, 2.75) is 22.8 Å². The van der Waals surface area contributed by atoms with Gasteiger partial charge in [-0.15, -0.1) is 0 Å². The average Bonchev–Trinajstić information content (AvgIpc) is 3.10. The van der Waals surface area contributed by atoms with Crippen molar-refractivity contribution >= 4 is 21.6 Å². The molecule has 2 aromatic rings. The number of hydrogen-bond acceptors (Lipinski definition) is 9. The molecule has 0 aliphatic carbocycles. The minimum absolute atomic E-state index is 0.0235. The van der Waals surface area contributed by atoms with Crippen LogP contribution in [0.5, 0.6) is 5.88 Å². The highest BCUT2D eigenvalue weighted by atomic mass is 32.2. The Morgan fingerprint density at radius 2 is 1.81 bits per heavy atom. The van der Waals surface area contributed by atoms with Crippen LogP contribution in [0.15, 0.2) is 44.9 Å². The van der Waals surface area contributed by atoms with Gasteiger partial charge < -0.3 is 14.6 Å². The number of carbonyl (C=O) groups is 2. The van der Waals surface area contributed by atoms with Crippen LogP contribution in [0.4, 0.5) is 0 Å². The fraction of sp³-hybridized carbons (Fsp3) is 0.333. The summed E-state index contributed by atoms with van der Waals surface area (Å²) in [6.07, 6.45) is 0.141. The van der Waals surface area contributed by atoms with Crippen molar-refractivity contribution in [3.05, 3.63) is 30.3 Å². The molecule has 0 saturated heterocycles. The number of ketones is 1. The van der Waals surface area contributed by atoms with Crippen LogP contribution in [0, 0.1) is 0 Å². The largest absolute Gasteiger partial charge is 0.475 e. The minimum Gasteiger partial charge on any atom is -0.475 e. The Labute approximate surface area is 148 Å². The molecule has 0 amide bonds. The van der Waals surface area contributed by atoms with E-state index in [0.717, 1.165) is 0 Å². The number of nitrogens with zero attached hydrogens (tertiary/aromatic N) is 2. The molecule has 0 bridgehead atoms. The summed E-state index contributed by atoms with van der Waals surface area (Å²) in [6, 6.07) is 7.67. The Morgan fingerprint density at radius 1 is 1.08 bits per heavy atom. The smallest absolute Gasteiger partial charge is 0.372 e. The normalized spacial score (nSPS) is 11.2. The number of hydrogen-bond donors (Lipinski definition) is 1. The van der Waals surface area contributed by atoms with Crippen molar-refractivity contribution in [3.63, 3.8) is 0 Å². The third-order valence-electron chi connectivity index (χ3n) is 3.12. The van der Waals surface area contributed by atoms with Crippen molar-refractivity contribution in [1.29, 1.82) is 0 Å². The van der Waals surface area contributed by atoms with Gasteiger partial charge in [-0.3, -0.25) is 4.79 Å². The van der Waals surface area contributed by atoms with E-state index in [1.165, 1.54) is 12.1 Å². The molecule has 0 saturated carbocycles. The fourth-order valence-electron chi connectivity index (χ4n) is 1.84. The SMILES string of the molecule is O=C(O)C(=O)CCOCCCOc1nonc1S(=O)(=O)c1ccccc1. The summed E-state index contributed by atoms with van der Waals surface area (Å²) in [5.74, 6) is -2.68. The first-order valence-electron chi connectivity index (χ1n) is 7.52. The fourth-order valence-corrected chi connectivity index (χ4v) is 3.04. The predicted molar refractivity (Wildman–Crippen MR) is 84.4 cm³/mol. The molecule has 0 unspecified atom stereocenters. The highest BCUT2D eigenvalue weighted by molar-refractivity contribution is 7.91. The molecule has 1 aromatic heterocycles. The summed E-state index contributed by atoms with van der Waals surface area (Å²) in [5.41, 5.74) is 0. The second-order valence-electron chi connectivity index (χ2n) is 4.98. The maximum absolute atomic E-state index is 12.5. The number of carboxylic acids is 1. The molecular weight excluding hydrogens is 368 g/mol. The Kier molecular flexibility index (Phi) is 6.81.